The first-order valence-electron chi connectivity index (χ1n) is 11.0. The van der Waals surface area contributed by atoms with Gasteiger partial charge in [-0.1, -0.05) is 30.3 Å². The standard InChI is InChI=1S/C24H28N4O2S/c1-2-26-15-20(18-8-13-31-21(18)16-26)27-9-11-28(12-10-27)24(30)22-19(14-25-23(22)29)17-6-4-3-5-7-17/h3-8,13,15,19,22H,2,9-12,14,16H2,1H3,(H,25,29). The Hall–Kier alpha value is -2.80. The number of fused-ring (bicyclic) bond motifs is 1. The third kappa shape index (κ3) is 3.71. The lowest BCUT2D eigenvalue weighted by molar-refractivity contribution is -0.142. The van der Waals surface area contributed by atoms with Gasteiger partial charge in [0.2, 0.25) is 11.8 Å². The number of hydrogen-bond acceptors (Lipinski definition) is 5. The zero-order valence-corrected chi connectivity index (χ0v) is 18.6. The largest absolute Gasteiger partial charge is 0.371 e. The molecule has 162 valence electrons. The van der Waals surface area contributed by atoms with Crippen LogP contribution in [0.4, 0.5) is 0 Å². The molecule has 4 heterocycles. The summed E-state index contributed by atoms with van der Waals surface area (Å²) in [6.45, 7) is 7.53. The topological polar surface area (TPSA) is 55.9 Å². The van der Waals surface area contributed by atoms with Gasteiger partial charge in [0.25, 0.3) is 0 Å². The van der Waals surface area contributed by atoms with Crippen molar-refractivity contribution in [3.05, 3.63) is 64.0 Å². The lowest BCUT2D eigenvalue weighted by Gasteiger charge is -2.40. The van der Waals surface area contributed by atoms with Crippen molar-refractivity contribution >= 4 is 28.8 Å². The van der Waals surface area contributed by atoms with E-state index in [0.717, 1.165) is 31.7 Å². The van der Waals surface area contributed by atoms with Crippen molar-refractivity contribution < 1.29 is 9.59 Å². The maximum absolute atomic E-state index is 13.4. The van der Waals surface area contributed by atoms with E-state index in [1.807, 2.05) is 46.6 Å². The zero-order chi connectivity index (χ0) is 21.4. The number of benzene rings is 1. The minimum absolute atomic E-state index is 0.0347. The first-order chi connectivity index (χ1) is 15.2. The molecule has 2 amide bonds. The van der Waals surface area contributed by atoms with Gasteiger partial charge < -0.3 is 20.0 Å². The van der Waals surface area contributed by atoms with Crippen LogP contribution in [0.5, 0.6) is 0 Å². The molecule has 2 saturated heterocycles. The van der Waals surface area contributed by atoms with Crippen LogP contribution in [0, 0.1) is 5.92 Å². The van der Waals surface area contributed by atoms with Gasteiger partial charge in [-0.05, 0) is 23.9 Å². The summed E-state index contributed by atoms with van der Waals surface area (Å²) in [5.41, 5.74) is 3.64. The Balaban J connectivity index is 1.29. The number of amides is 2. The van der Waals surface area contributed by atoms with Crippen LogP contribution < -0.4 is 5.32 Å². The van der Waals surface area contributed by atoms with Crippen LogP contribution in [-0.4, -0.2) is 65.8 Å². The van der Waals surface area contributed by atoms with Crippen molar-refractivity contribution in [3.63, 3.8) is 0 Å². The average molecular weight is 437 g/mol. The van der Waals surface area contributed by atoms with Gasteiger partial charge in [-0.2, -0.15) is 0 Å². The number of carbonyl (C=O) groups is 2. The van der Waals surface area contributed by atoms with E-state index in [1.165, 1.54) is 16.1 Å². The smallest absolute Gasteiger partial charge is 0.235 e. The Morgan fingerprint density at radius 1 is 1.13 bits per heavy atom. The van der Waals surface area contributed by atoms with Crippen molar-refractivity contribution in [1.82, 2.24) is 20.0 Å². The van der Waals surface area contributed by atoms with Crippen LogP contribution >= 0.6 is 11.3 Å². The molecule has 6 nitrogen and oxygen atoms in total. The van der Waals surface area contributed by atoms with E-state index in [-0.39, 0.29) is 17.7 Å². The van der Waals surface area contributed by atoms with Crippen LogP contribution in [0.15, 0.2) is 48.0 Å². The highest BCUT2D eigenvalue weighted by atomic mass is 32.1. The van der Waals surface area contributed by atoms with E-state index in [1.54, 1.807) is 0 Å². The molecule has 3 aliphatic heterocycles. The number of piperazine rings is 1. The molecular weight excluding hydrogens is 408 g/mol. The molecule has 2 aromatic rings. The quantitative estimate of drug-likeness (QED) is 0.749. The Morgan fingerprint density at radius 2 is 1.90 bits per heavy atom. The van der Waals surface area contributed by atoms with E-state index in [4.69, 9.17) is 0 Å². The van der Waals surface area contributed by atoms with Crippen LogP contribution in [0.1, 0.15) is 28.8 Å². The predicted molar refractivity (Wildman–Crippen MR) is 122 cm³/mol. The van der Waals surface area contributed by atoms with Gasteiger partial charge in [0.15, 0.2) is 0 Å². The molecule has 0 radical (unpaired) electrons. The first kappa shape index (κ1) is 20.1. The highest BCUT2D eigenvalue weighted by Crippen LogP contribution is 2.34. The summed E-state index contributed by atoms with van der Waals surface area (Å²) in [5.74, 6) is -0.890. The van der Waals surface area contributed by atoms with E-state index in [2.05, 4.69) is 39.7 Å². The molecular formula is C24H28N4O2S. The molecule has 0 spiro atoms. The summed E-state index contributed by atoms with van der Waals surface area (Å²) in [6, 6.07) is 12.1. The molecule has 2 atom stereocenters. The number of rotatable bonds is 4. The second-order valence-corrected chi connectivity index (χ2v) is 9.39. The number of hydrogen-bond donors (Lipinski definition) is 1. The Morgan fingerprint density at radius 3 is 2.65 bits per heavy atom. The molecule has 2 fully saturated rings. The second-order valence-electron chi connectivity index (χ2n) is 8.39. The molecule has 1 N–H and O–H groups in total. The van der Waals surface area contributed by atoms with Crippen molar-refractivity contribution in [2.75, 3.05) is 39.3 Å². The predicted octanol–water partition coefficient (Wildman–Crippen LogP) is 2.56. The molecule has 2 unspecified atom stereocenters. The fourth-order valence-corrected chi connectivity index (χ4v) is 5.81. The van der Waals surface area contributed by atoms with Crippen LogP contribution in [0.25, 0.3) is 5.70 Å². The fraction of sp³-hybridized carbons (Fsp3) is 0.417. The van der Waals surface area contributed by atoms with Gasteiger partial charge in [-0.3, -0.25) is 9.59 Å². The minimum Gasteiger partial charge on any atom is -0.371 e. The van der Waals surface area contributed by atoms with Gasteiger partial charge in [0.05, 0.1) is 12.2 Å². The number of carbonyl (C=O) groups excluding carboxylic acids is 2. The van der Waals surface area contributed by atoms with E-state index >= 15 is 0 Å². The molecule has 3 aliphatic rings. The molecule has 1 aromatic heterocycles. The monoisotopic (exact) mass is 436 g/mol. The fourth-order valence-electron chi connectivity index (χ4n) is 4.90. The summed E-state index contributed by atoms with van der Waals surface area (Å²) in [7, 11) is 0. The van der Waals surface area contributed by atoms with Crippen molar-refractivity contribution in [2.24, 2.45) is 5.92 Å². The highest BCUT2D eigenvalue weighted by Gasteiger charge is 2.43. The first-order valence-corrected chi connectivity index (χ1v) is 11.9. The third-order valence-corrected chi connectivity index (χ3v) is 7.59. The molecule has 1 aromatic carbocycles. The van der Waals surface area contributed by atoms with Gasteiger partial charge in [0, 0.05) is 61.8 Å². The van der Waals surface area contributed by atoms with Crippen molar-refractivity contribution in [2.45, 2.75) is 19.4 Å². The second kappa shape index (κ2) is 8.38. The van der Waals surface area contributed by atoms with Crippen molar-refractivity contribution in [1.29, 1.82) is 0 Å². The highest BCUT2D eigenvalue weighted by molar-refractivity contribution is 7.10. The van der Waals surface area contributed by atoms with Gasteiger partial charge in [-0.25, -0.2) is 0 Å². The Labute approximate surface area is 187 Å². The van der Waals surface area contributed by atoms with Gasteiger partial charge >= 0.3 is 0 Å². The third-order valence-electron chi connectivity index (χ3n) is 6.69. The van der Waals surface area contributed by atoms with E-state index < -0.39 is 5.92 Å². The maximum atomic E-state index is 13.4. The molecule has 0 saturated carbocycles. The molecule has 0 bridgehead atoms. The normalized spacial score (nSPS) is 23.5. The summed E-state index contributed by atoms with van der Waals surface area (Å²) in [5, 5.41) is 5.07. The lowest BCUT2D eigenvalue weighted by atomic mass is 9.87. The molecule has 5 rings (SSSR count). The molecule has 7 heteroatoms. The minimum atomic E-state index is -0.623. The number of nitrogens with one attached hydrogen (secondary N) is 1. The van der Waals surface area contributed by atoms with Gasteiger partial charge in [0.1, 0.15) is 5.92 Å². The Bertz CT molecular complexity index is 994. The number of thiophene rings is 1. The van der Waals surface area contributed by atoms with Crippen LogP contribution in [-0.2, 0) is 16.1 Å². The van der Waals surface area contributed by atoms with E-state index in [0.29, 0.717) is 19.6 Å². The van der Waals surface area contributed by atoms with Crippen LogP contribution in [0.2, 0.25) is 0 Å². The van der Waals surface area contributed by atoms with Crippen molar-refractivity contribution in [3.8, 4) is 0 Å². The SMILES string of the molecule is CCN1C=C(N2CCN(C(=O)C3C(=O)NCC3c3ccccc3)CC2)c2ccsc2C1. The van der Waals surface area contributed by atoms with Crippen LogP contribution in [0.3, 0.4) is 0 Å². The summed E-state index contributed by atoms with van der Waals surface area (Å²) >= 11 is 1.81. The average Bonchev–Trinajstić information content (AvgIpc) is 3.45. The molecule has 31 heavy (non-hydrogen) atoms. The van der Waals surface area contributed by atoms with E-state index in [9.17, 15) is 9.59 Å². The lowest BCUT2D eigenvalue weighted by Crippen LogP contribution is -2.51. The number of nitrogens with zero attached hydrogens (tertiary/aromatic N) is 3. The maximum Gasteiger partial charge on any atom is 0.235 e. The van der Waals surface area contributed by atoms with Gasteiger partial charge in [-0.15, -0.1) is 11.3 Å². The summed E-state index contributed by atoms with van der Waals surface area (Å²) in [4.78, 5) is 33.9. The molecule has 0 aliphatic carbocycles. The summed E-state index contributed by atoms with van der Waals surface area (Å²) in [6.07, 6.45) is 2.27. The Kier molecular flexibility index (Phi) is 5.44. The summed E-state index contributed by atoms with van der Waals surface area (Å²) < 4.78 is 0. The zero-order valence-electron chi connectivity index (χ0n) is 17.8.